The molecule has 0 amide bonds. The van der Waals surface area contributed by atoms with Gasteiger partial charge in [-0.3, -0.25) is 0 Å². The Hall–Kier alpha value is -2.98. The second kappa shape index (κ2) is 7.01. The van der Waals surface area contributed by atoms with Crippen molar-refractivity contribution in [3.8, 4) is 30.6 Å². The number of benzene rings is 4. The zero-order chi connectivity index (χ0) is 22.2. The monoisotopic (exact) mass is 474 g/mol. The van der Waals surface area contributed by atoms with Crippen molar-refractivity contribution in [2.45, 2.75) is 13.1 Å². The third kappa shape index (κ3) is 2.93. The van der Waals surface area contributed by atoms with Crippen LogP contribution in [0.2, 0.25) is 13.1 Å². The zero-order valence-electron chi connectivity index (χ0n) is 18.6. The zero-order valence-corrected chi connectivity index (χ0v) is 21.2. The van der Waals surface area contributed by atoms with Gasteiger partial charge >= 0.3 is 0 Å². The Morgan fingerprint density at radius 3 is 1.36 bits per heavy atom. The maximum atomic E-state index is 2.52. The second-order valence-electron chi connectivity index (χ2n) is 9.46. The van der Waals surface area contributed by atoms with E-state index in [0.29, 0.717) is 0 Å². The standard InChI is InChI=1S/C30H22S2Si/c1-33(2)27-17-25(23-13-11-19-7-3-5-9-21(19)15-23)31-29(27)30-28(33)18-26(32-30)24-14-12-20-8-4-6-10-22(20)16-24/h3-18H,1-2H3. The number of hydrogen-bond acceptors (Lipinski definition) is 2. The quantitative estimate of drug-likeness (QED) is 0.222. The molecule has 0 N–H and O–H groups in total. The topological polar surface area (TPSA) is 0 Å². The molecule has 1 aliphatic rings. The first kappa shape index (κ1) is 19.5. The van der Waals surface area contributed by atoms with Crippen LogP contribution in [0.4, 0.5) is 0 Å². The summed E-state index contributed by atoms with van der Waals surface area (Å²) in [4.78, 5) is 5.83. The van der Waals surface area contributed by atoms with Crippen molar-refractivity contribution in [3.05, 3.63) is 97.1 Å². The first-order valence-corrected chi connectivity index (χ1v) is 16.0. The highest BCUT2D eigenvalue weighted by molar-refractivity contribution is 7.31. The van der Waals surface area contributed by atoms with Gasteiger partial charge in [-0.2, -0.15) is 0 Å². The summed E-state index contributed by atoms with van der Waals surface area (Å²) in [6.07, 6.45) is 0. The van der Waals surface area contributed by atoms with E-state index in [4.69, 9.17) is 0 Å². The van der Waals surface area contributed by atoms with Crippen molar-refractivity contribution < 1.29 is 0 Å². The molecule has 6 aromatic rings. The van der Waals surface area contributed by atoms with E-state index >= 15 is 0 Å². The van der Waals surface area contributed by atoms with Crippen molar-refractivity contribution >= 4 is 62.7 Å². The molecule has 33 heavy (non-hydrogen) atoms. The van der Waals surface area contributed by atoms with E-state index in [1.54, 1.807) is 10.4 Å². The lowest BCUT2D eigenvalue weighted by Crippen LogP contribution is -2.48. The molecule has 0 saturated heterocycles. The summed E-state index contributed by atoms with van der Waals surface area (Å²) < 4.78 is 0. The van der Waals surface area contributed by atoms with Crippen LogP contribution in [-0.4, -0.2) is 8.07 Å². The van der Waals surface area contributed by atoms with Crippen LogP contribution in [0.5, 0.6) is 0 Å². The van der Waals surface area contributed by atoms with E-state index in [1.165, 1.54) is 52.2 Å². The molecule has 2 aromatic heterocycles. The van der Waals surface area contributed by atoms with Crippen LogP contribution in [0.3, 0.4) is 0 Å². The van der Waals surface area contributed by atoms with Gasteiger partial charge in [0.2, 0.25) is 0 Å². The van der Waals surface area contributed by atoms with Crippen molar-refractivity contribution in [1.82, 2.24) is 0 Å². The minimum atomic E-state index is -1.69. The van der Waals surface area contributed by atoms with Crippen molar-refractivity contribution in [2.24, 2.45) is 0 Å². The van der Waals surface area contributed by atoms with Crippen LogP contribution >= 0.6 is 22.7 Å². The van der Waals surface area contributed by atoms with E-state index < -0.39 is 8.07 Å². The molecule has 0 bridgehead atoms. The number of hydrogen-bond donors (Lipinski definition) is 0. The van der Waals surface area contributed by atoms with Gasteiger partial charge < -0.3 is 0 Å². The maximum Gasteiger partial charge on any atom is 0.116 e. The molecule has 0 nitrogen and oxygen atoms in total. The van der Waals surface area contributed by atoms with Gasteiger partial charge in [0.25, 0.3) is 0 Å². The Labute approximate surface area is 202 Å². The average Bonchev–Trinajstić information content (AvgIpc) is 3.53. The maximum absolute atomic E-state index is 2.52. The summed E-state index contributed by atoms with van der Waals surface area (Å²) in [5, 5.41) is 8.47. The minimum absolute atomic E-state index is 1.31. The molecule has 158 valence electrons. The molecule has 0 atom stereocenters. The minimum Gasteiger partial charge on any atom is -0.134 e. The molecule has 0 radical (unpaired) electrons. The van der Waals surface area contributed by atoms with Crippen LogP contribution < -0.4 is 10.4 Å². The predicted octanol–water partition coefficient (Wildman–Crippen LogP) is 8.25. The average molecular weight is 475 g/mol. The van der Waals surface area contributed by atoms with E-state index in [2.05, 4.69) is 110 Å². The molecular weight excluding hydrogens is 453 g/mol. The molecule has 0 unspecified atom stereocenters. The molecular formula is C30H22S2Si. The highest BCUT2D eigenvalue weighted by Gasteiger charge is 2.41. The smallest absolute Gasteiger partial charge is 0.116 e. The summed E-state index contributed by atoms with van der Waals surface area (Å²) in [5.74, 6) is 0. The lowest BCUT2D eigenvalue weighted by molar-refractivity contribution is 1.73. The molecule has 3 heteroatoms. The fraction of sp³-hybridized carbons (Fsp3) is 0.0667. The fourth-order valence-corrected chi connectivity index (χ4v) is 12.4. The van der Waals surface area contributed by atoms with Gasteiger partial charge in [-0.05, 0) is 67.3 Å². The molecule has 0 saturated carbocycles. The Morgan fingerprint density at radius 1 is 0.485 bits per heavy atom. The molecule has 7 rings (SSSR count). The van der Waals surface area contributed by atoms with E-state index in [0.717, 1.165) is 0 Å². The first-order chi connectivity index (χ1) is 16.1. The van der Waals surface area contributed by atoms with Crippen LogP contribution in [0, 0.1) is 0 Å². The Morgan fingerprint density at radius 2 is 0.909 bits per heavy atom. The SMILES string of the molecule is C[Si]1(C)c2cc(-c3ccc4ccccc4c3)sc2-c2sc(-c3ccc4ccccc4c3)cc21. The van der Waals surface area contributed by atoms with Gasteiger partial charge in [-0.15, -0.1) is 22.7 Å². The van der Waals surface area contributed by atoms with Crippen LogP contribution in [0.25, 0.3) is 52.2 Å². The number of thiophene rings is 2. The van der Waals surface area contributed by atoms with E-state index in [9.17, 15) is 0 Å². The normalized spacial score (nSPS) is 14.0. The summed E-state index contributed by atoms with van der Waals surface area (Å²) in [6, 6.07) is 36.1. The van der Waals surface area contributed by atoms with Crippen LogP contribution in [-0.2, 0) is 0 Å². The fourth-order valence-electron chi connectivity index (χ4n) is 5.16. The third-order valence-corrected chi connectivity index (χ3v) is 13.5. The first-order valence-electron chi connectivity index (χ1n) is 11.4. The van der Waals surface area contributed by atoms with Gasteiger partial charge in [-0.25, -0.2) is 0 Å². The van der Waals surface area contributed by atoms with Crippen LogP contribution in [0.15, 0.2) is 97.1 Å². The lowest BCUT2D eigenvalue weighted by atomic mass is 10.1. The highest BCUT2D eigenvalue weighted by atomic mass is 32.1. The highest BCUT2D eigenvalue weighted by Crippen LogP contribution is 2.44. The van der Waals surface area contributed by atoms with Gasteiger partial charge in [0, 0.05) is 19.5 Å². The molecule has 3 heterocycles. The summed E-state index contributed by atoms with van der Waals surface area (Å²) >= 11 is 3.97. The summed E-state index contributed by atoms with van der Waals surface area (Å²) in [7, 11) is -1.69. The lowest BCUT2D eigenvalue weighted by Gasteiger charge is -2.16. The van der Waals surface area contributed by atoms with Crippen molar-refractivity contribution in [3.63, 3.8) is 0 Å². The largest absolute Gasteiger partial charge is 0.134 e. The third-order valence-electron chi connectivity index (χ3n) is 7.09. The molecule has 1 aliphatic heterocycles. The number of fused-ring (bicyclic) bond motifs is 5. The molecule has 0 fully saturated rings. The molecule has 0 spiro atoms. The van der Waals surface area contributed by atoms with Gasteiger partial charge in [0.05, 0.1) is 0 Å². The Balaban J connectivity index is 1.35. The number of rotatable bonds is 2. The molecule has 4 aromatic carbocycles. The molecule has 0 aliphatic carbocycles. The summed E-state index contributed by atoms with van der Waals surface area (Å²) in [5.41, 5.74) is 2.68. The predicted molar refractivity (Wildman–Crippen MR) is 150 cm³/mol. The van der Waals surface area contributed by atoms with Gasteiger partial charge in [-0.1, -0.05) is 85.9 Å². The van der Waals surface area contributed by atoms with E-state index in [-0.39, 0.29) is 0 Å². The van der Waals surface area contributed by atoms with Gasteiger partial charge in [0.15, 0.2) is 0 Å². The van der Waals surface area contributed by atoms with Crippen molar-refractivity contribution in [1.29, 1.82) is 0 Å². The van der Waals surface area contributed by atoms with Crippen LogP contribution in [0.1, 0.15) is 0 Å². The Bertz CT molecular complexity index is 1570. The van der Waals surface area contributed by atoms with Gasteiger partial charge in [0.1, 0.15) is 8.07 Å². The second-order valence-corrected chi connectivity index (χ2v) is 15.9. The van der Waals surface area contributed by atoms with E-state index in [1.807, 2.05) is 22.7 Å². The summed E-state index contributed by atoms with van der Waals surface area (Å²) in [6.45, 7) is 5.04. The Kier molecular flexibility index (Phi) is 4.14. The van der Waals surface area contributed by atoms with Crippen molar-refractivity contribution in [2.75, 3.05) is 0 Å².